The zero-order chi connectivity index (χ0) is 23.1. The Morgan fingerprint density at radius 3 is 1.58 bits per heavy atom. The second-order valence-corrected chi connectivity index (χ2v) is 8.96. The van der Waals surface area contributed by atoms with E-state index in [1.54, 1.807) is 0 Å². The minimum absolute atomic E-state index is 0.0141. The molecule has 2 N–H and O–H groups in total. The van der Waals surface area contributed by atoms with Crippen molar-refractivity contribution in [1.82, 2.24) is 5.32 Å². The van der Waals surface area contributed by atoms with Crippen LogP contribution in [0, 0.1) is 5.92 Å². The van der Waals surface area contributed by atoms with Gasteiger partial charge in [0.05, 0.1) is 5.41 Å². The predicted molar refractivity (Wildman–Crippen MR) is 130 cm³/mol. The van der Waals surface area contributed by atoms with Crippen LogP contribution in [0.4, 0.5) is 0 Å². The van der Waals surface area contributed by atoms with E-state index in [1.807, 2.05) is 91.0 Å². The predicted octanol–water partition coefficient (Wildman–Crippen LogP) is 5.56. The maximum atomic E-state index is 13.6. The van der Waals surface area contributed by atoms with E-state index in [2.05, 4.69) is 5.32 Å². The molecule has 1 atom stereocenters. The molecule has 0 radical (unpaired) electrons. The monoisotopic (exact) mass is 441 g/mol. The molecule has 0 heterocycles. The lowest BCUT2D eigenvalue weighted by Crippen LogP contribution is -2.48. The average Bonchev–Trinajstić information content (AvgIpc) is 2.88. The third-order valence-corrected chi connectivity index (χ3v) is 6.93. The molecule has 170 valence electrons. The molecule has 0 bridgehead atoms. The minimum Gasteiger partial charge on any atom is -0.480 e. The van der Waals surface area contributed by atoms with Crippen molar-refractivity contribution in [2.75, 3.05) is 0 Å². The van der Waals surface area contributed by atoms with Crippen molar-refractivity contribution in [2.24, 2.45) is 5.92 Å². The normalized spacial score (nSPS) is 15.5. The molecule has 1 amide bonds. The fourth-order valence-electron chi connectivity index (χ4n) is 5.29. The van der Waals surface area contributed by atoms with Crippen LogP contribution in [0.25, 0.3) is 0 Å². The summed E-state index contributed by atoms with van der Waals surface area (Å²) in [4.78, 5) is 25.7. The highest BCUT2D eigenvalue weighted by atomic mass is 16.4. The maximum absolute atomic E-state index is 13.6. The molecule has 1 fully saturated rings. The summed E-state index contributed by atoms with van der Waals surface area (Å²) in [5, 5.41) is 12.8. The minimum atomic E-state index is -0.944. The molecule has 0 unspecified atom stereocenters. The van der Waals surface area contributed by atoms with Crippen molar-refractivity contribution in [2.45, 2.75) is 50.0 Å². The second kappa shape index (κ2) is 10.5. The molecule has 0 aromatic heterocycles. The number of aliphatic carboxylic acids is 1. The number of carbonyl (C=O) groups excluding carboxylic acids is 1. The van der Waals surface area contributed by atoms with Crippen LogP contribution < -0.4 is 5.32 Å². The lowest BCUT2D eigenvalue weighted by atomic mass is 9.67. The van der Waals surface area contributed by atoms with Gasteiger partial charge < -0.3 is 10.4 Å². The molecule has 4 nitrogen and oxygen atoms in total. The van der Waals surface area contributed by atoms with E-state index in [0.717, 1.165) is 48.8 Å². The molecule has 3 aromatic rings. The Morgan fingerprint density at radius 1 is 0.758 bits per heavy atom. The molecule has 0 aliphatic heterocycles. The molecular formula is C29H31NO3. The summed E-state index contributed by atoms with van der Waals surface area (Å²) in [6.07, 6.45) is 4.99. The Morgan fingerprint density at radius 2 is 1.18 bits per heavy atom. The molecule has 33 heavy (non-hydrogen) atoms. The highest BCUT2D eigenvalue weighted by Gasteiger charge is 2.40. The van der Waals surface area contributed by atoms with Crippen LogP contribution in [0.5, 0.6) is 0 Å². The Balaban J connectivity index is 1.75. The molecule has 0 saturated heterocycles. The van der Waals surface area contributed by atoms with Gasteiger partial charge in [0.15, 0.2) is 0 Å². The van der Waals surface area contributed by atoms with E-state index < -0.39 is 17.4 Å². The molecule has 1 aliphatic rings. The Kier molecular flexibility index (Phi) is 7.23. The first-order valence-corrected chi connectivity index (χ1v) is 11.8. The number of carbonyl (C=O) groups is 2. The van der Waals surface area contributed by atoms with Crippen molar-refractivity contribution in [3.05, 3.63) is 108 Å². The van der Waals surface area contributed by atoms with Gasteiger partial charge in [0, 0.05) is 6.42 Å². The van der Waals surface area contributed by atoms with Crippen LogP contribution >= 0.6 is 0 Å². The van der Waals surface area contributed by atoms with Crippen LogP contribution in [0.2, 0.25) is 0 Å². The zero-order valence-corrected chi connectivity index (χ0v) is 18.8. The van der Waals surface area contributed by atoms with Gasteiger partial charge in [-0.2, -0.15) is 0 Å². The summed E-state index contributed by atoms with van der Waals surface area (Å²) >= 11 is 0. The first kappa shape index (κ1) is 22.8. The molecule has 1 saturated carbocycles. The summed E-state index contributed by atoms with van der Waals surface area (Å²) in [5.41, 5.74) is 2.27. The summed E-state index contributed by atoms with van der Waals surface area (Å²) in [5.74, 6) is -1.20. The highest BCUT2D eigenvalue weighted by molar-refractivity contribution is 5.85. The van der Waals surface area contributed by atoms with Crippen LogP contribution in [0.3, 0.4) is 0 Å². The number of nitrogens with one attached hydrogen (secondary N) is 1. The van der Waals surface area contributed by atoms with E-state index >= 15 is 0 Å². The lowest BCUT2D eigenvalue weighted by Gasteiger charge is -2.36. The van der Waals surface area contributed by atoms with E-state index in [-0.39, 0.29) is 18.2 Å². The SMILES string of the molecule is O=C(CC(c1ccccc1)(c1ccccc1)c1ccccc1)N[C@@H](C(=O)O)C1CCCCC1. The van der Waals surface area contributed by atoms with E-state index in [4.69, 9.17) is 0 Å². The van der Waals surface area contributed by atoms with Crippen molar-refractivity contribution < 1.29 is 14.7 Å². The molecule has 1 aliphatic carbocycles. The Bertz CT molecular complexity index is 947. The van der Waals surface area contributed by atoms with E-state index in [0.29, 0.717) is 0 Å². The highest BCUT2D eigenvalue weighted by Crippen LogP contribution is 2.42. The van der Waals surface area contributed by atoms with Crippen LogP contribution in [-0.2, 0) is 15.0 Å². The second-order valence-electron chi connectivity index (χ2n) is 8.96. The molecule has 0 spiro atoms. The number of amides is 1. The third-order valence-electron chi connectivity index (χ3n) is 6.93. The maximum Gasteiger partial charge on any atom is 0.326 e. The summed E-state index contributed by atoms with van der Waals surface area (Å²) in [6, 6.07) is 29.2. The fourth-order valence-corrected chi connectivity index (χ4v) is 5.29. The zero-order valence-electron chi connectivity index (χ0n) is 18.8. The van der Waals surface area contributed by atoms with Gasteiger partial charge in [-0.05, 0) is 35.4 Å². The van der Waals surface area contributed by atoms with Gasteiger partial charge >= 0.3 is 5.97 Å². The first-order chi connectivity index (χ1) is 16.1. The summed E-state index contributed by atoms with van der Waals surface area (Å²) in [6.45, 7) is 0. The van der Waals surface area contributed by atoms with Crippen molar-refractivity contribution in [1.29, 1.82) is 0 Å². The van der Waals surface area contributed by atoms with Gasteiger partial charge in [-0.25, -0.2) is 4.79 Å². The Hall–Kier alpha value is -3.40. The van der Waals surface area contributed by atoms with Crippen LogP contribution in [-0.4, -0.2) is 23.0 Å². The average molecular weight is 442 g/mol. The van der Waals surface area contributed by atoms with Gasteiger partial charge in [-0.1, -0.05) is 110 Å². The van der Waals surface area contributed by atoms with Gasteiger partial charge in [0.25, 0.3) is 0 Å². The Labute approximate surface area is 195 Å². The van der Waals surface area contributed by atoms with Gasteiger partial charge in [-0.3, -0.25) is 4.79 Å². The van der Waals surface area contributed by atoms with Gasteiger partial charge in [-0.15, -0.1) is 0 Å². The standard InChI is InChI=1S/C29H31NO3/c31-26(30-27(28(32)33)22-13-5-1-6-14-22)21-29(23-15-7-2-8-16-23,24-17-9-3-10-18-24)25-19-11-4-12-20-25/h2-4,7-12,15-20,22,27H,1,5-6,13-14,21H2,(H,30,31)(H,32,33)/t27-/m1/s1. The van der Waals surface area contributed by atoms with E-state index in [1.165, 1.54) is 0 Å². The lowest BCUT2D eigenvalue weighted by molar-refractivity contribution is -0.144. The largest absolute Gasteiger partial charge is 0.480 e. The molecule has 4 rings (SSSR count). The topological polar surface area (TPSA) is 66.4 Å². The number of carboxylic acids is 1. The fraction of sp³-hybridized carbons (Fsp3) is 0.310. The van der Waals surface area contributed by atoms with Crippen molar-refractivity contribution in [3.63, 3.8) is 0 Å². The van der Waals surface area contributed by atoms with Gasteiger partial charge in [0.1, 0.15) is 6.04 Å². The number of hydrogen-bond donors (Lipinski definition) is 2. The summed E-state index contributed by atoms with van der Waals surface area (Å²) < 4.78 is 0. The number of benzene rings is 3. The quantitative estimate of drug-likeness (QED) is 0.450. The molecule has 3 aromatic carbocycles. The number of carboxylic acid groups (broad SMARTS) is 1. The molecule has 4 heteroatoms. The smallest absolute Gasteiger partial charge is 0.326 e. The van der Waals surface area contributed by atoms with Crippen LogP contribution in [0.15, 0.2) is 91.0 Å². The van der Waals surface area contributed by atoms with E-state index in [9.17, 15) is 14.7 Å². The third kappa shape index (κ3) is 5.00. The van der Waals surface area contributed by atoms with Crippen molar-refractivity contribution in [3.8, 4) is 0 Å². The van der Waals surface area contributed by atoms with Crippen LogP contribution in [0.1, 0.15) is 55.2 Å². The van der Waals surface area contributed by atoms with Gasteiger partial charge in [0.2, 0.25) is 5.91 Å². The number of rotatable bonds is 8. The summed E-state index contributed by atoms with van der Waals surface area (Å²) in [7, 11) is 0. The number of hydrogen-bond acceptors (Lipinski definition) is 2. The molecular weight excluding hydrogens is 410 g/mol. The van der Waals surface area contributed by atoms with Crippen molar-refractivity contribution >= 4 is 11.9 Å². The first-order valence-electron chi connectivity index (χ1n) is 11.8.